The summed E-state index contributed by atoms with van der Waals surface area (Å²) in [5.41, 5.74) is 2.52. The molecular weight excluding hydrogens is 724 g/mol. The molecule has 12 unspecified atom stereocenters. The van der Waals surface area contributed by atoms with Crippen molar-refractivity contribution in [2.45, 2.75) is 85.8 Å². The monoisotopic (exact) mass is 770 g/mol. The highest BCUT2D eigenvalue weighted by Crippen LogP contribution is 2.37. The van der Waals surface area contributed by atoms with Gasteiger partial charge in [0.1, 0.15) is 48.8 Å². The van der Waals surface area contributed by atoms with E-state index in [-0.39, 0.29) is 31.3 Å². The fourth-order valence-electron chi connectivity index (χ4n) is 6.32. The second-order valence-corrected chi connectivity index (χ2v) is 14.6. The Kier molecular flexibility index (Phi) is 13.8. The summed E-state index contributed by atoms with van der Waals surface area (Å²) in [6.07, 6.45) is -8.11. The van der Waals surface area contributed by atoms with Crippen molar-refractivity contribution in [3.63, 3.8) is 0 Å². The van der Waals surface area contributed by atoms with Crippen molar-refractivity contribution in [2.75, 3.05) is 26.4 Å². The minimum absolute atomic E-state index is 0.0198. The Hall–Kier alpha value is -3.39. The summed E-state index contributed by atoms with van der Waals surface area (Å²) in [6, 6.07) is 24.9. The van der Waals surface area contributed by atoms with Crippen LogP contribution in [0.1, 0.15) is 29.3 Å². The van der Waals surface area contributed by atoms with Crippen LogP contribution in [0.3, 0.4) is 0 Å². The molecule has 0 aliphatic carbocycles. The summed E-state index contributed by atoms with van der Waals surface area (Å²) in [6.45, 7) is 9.66. The van der Waals surface area contributed by atoms with Crippen molar-refractivity contribution in [2.24, 2.45) is 0 Å². The van der Waals surface area contributed by atoms with Gasteiger partial charge in [-0.1, -0.05) is 90.5 Å². The van der Waals surface area contributed by atoms with Crippen LogP contribution in [0.15, 0.2) is 115 Å². The molecule has 7 rings (SSSR count). The zero-order chi connectivity index (χ0) is 38.2. The van der Waals surface area contributed by atoms with Gasteiger partial charge in [0.15, 0.2) is 25.2 Å². The van der Waals surface area contributed by atoms with E-state index in [0.29, 0.717) is 0 Å². The number of aliphatic hydroxyl groups excluding tert-OH is 3. The third-order valence-corrected chi connectivity index (χ3v) is 10.4. The highest BCUT2D eigenvalue weighted by atomic mass is 32.2. The van der Waals surface area contributed by atoms with Gasteiger partial charge >= 0.3 is 0 Å². The molecule has 3 N–H and O–H groups in total. The summed E-state index contributed by atoms with van der Waals surface area (Å²) in [7, 11) is -4.20. The summed E-state index contributed by atoms with van der Waals surface area (Å²) in [4.78, 5) is -0.0198. The largest absolute Gasteiger partial charge is 0.387 e. The third kappa shape index (κ3) is 9.52. The molecule has 4 fully saturated rings. The first-order chi connectivity index (χ1) is 26.1. The molecule has 0 radical (unpaired) electrons. The minimum Gasteiger partial charge on any atom is -0.387 e. The molecule has 4 heterocycles. The molecule has 4 aliphatic rings. The van der Waals surface area contributed by atoms with Gasteiger partial charge in [-0.05, 0) is 19.1 Å². The van der Waals surface area contributed by atoms with Crippen LogP contribution in [0.5, 0.6) is 0 Å². The highest BCUT2D eigenvalue weighted by Gasteiger charge is 2.53. The van der Waals surface area contributed by atoms with Crippen LogP contribution in [-0.2, 0) is 52.2 Å². The highest BCUT2D eigenvalue weighted by molar-refractivity contribution is 7.86. The first kappa shape index (κ1) is 40.3. The fraction of sp³-hybridized carbons (Fsp3) is 0.436. The Bertz CT molecular complexity index is 1740. The average molecular weight is 771 g/mol. The smallest absolute Gasteiger partial charge is 0.297 e. The van der Waals surface area contributed by atoms with Crippen LogP contribution >= 0.6 is 0 Å². The van der Waals surface area contributed by atoms with E-state index in [2.05, 4.69) is 13.2 Å². The molecular formula is C39H46O14S. The van der Waals surface area contributed by atoms with Crippen molar-refractivity contribution in [3.8, 4) is 0 Å². The standard InChI is InChI=1S/C23H26O8S.C16H20O6/c1-3-13-27-23-19(24)21(31-32(25,26)17-11-9-15(2)10-12-17)20-18(29-23)14-28-22(30-20)16-7-5-4-6-8-16;1-2-8-19-16-13(18)12(17)14-11(21-16)9-20-15(22-14)10-6-4-3-5-7-10/h3-12,18-24H,1,13-14H2,2H3;2-7,11-18H,1,8-9H2. The van der Waals surface area contributed by atoms with Crippen LogP contribution in [0.2, 0.25) is 0 Å². The van der Waals surface area contributed by atoms with E-state index in [1.807, 2.05) is 67.6 Å². The number of ether oxygens (including phenoxy) is 8. The normalized spacial score (nSPS) is 33.6. The van der Waals surface area contributed by atoms with Crippen molar-refractivity contribution in [1.82, 2.24) is 0 Å². The molecule has 4 saturated heterocycles. The maximum atomic E-state index is 13.0. The molecule has 4 aliphatic heterocycles. The van der Waals surface area contributed by atoms with Gasteiger partial charge in [0.2, 0.25) is 0 Å². The van der Waals surface area contributed by atoms with E-state index in [1.54, 1.807) is 18.2 Å². The summed E-state index contributed by atoms with van der Waals surface area (Å²) in [5, 5.41) is 31.3. The number of aliphatic hydroxyl groups is 3. The first-order valence-electron chi connectivity index (χ1n) is 17.5. The van der Waals surface area contributed by atoms with Gasteiger partial charge in [-0.25, -0.2) is 0 Å². The van der Waals surface area contributed by atoms with Crippen LogP contribution in [-0.4, -0.2) is 112 Å². The Morgan fingerprint density at radius 3 is 1.67 bits per heavy atom. The topological polar surface area (TPSA) is 178 Å². The maximum Gasteiger partial charge on any atom is 0.297 e. The fourth-order valence-corrected chi connectivity index (χ4v) is 7.41. The molecule has 15 heteroatoms. The van der Waals surface area contributed by atoms with Gasteiger partial charge in [0.25, 0.3) is 10.1 Å². The zero-order valence-corrected chi connectivity index (χ0v) is 30.5. The molecule has 0 bridgehead atoms. The van der Waals surface area contributed by atoms with E-state index >= 15 is 0 Å². The molecule has 54 heavy (non-hydrogen) atoms. The first-order valence-corrected chi connectivity index (χ1v) is 18.9. The van der Waals surface area contributed by atoms with Gasteiger partial charge in [-0.3, -0.25) is 4.18 Å². The van der Waals surface area contributed by atoms with Gasteiger partial charge < -0.3 is 53.2 Å². The second kappa shape index (κ2) is 18.5. The lowest BCUT2D eigenvalue weighted by Crippen LogP contribution is -2.63. The number of aryl methyl sites for hydroxylation is 1. The number of hydrogen-bond acceptors (Lipinski definition) is 14. The molecule has 0 amide bonds. The molecule has 0 aromatic heterocycles. The van der Waals surface area contributed by atoms with E-state index in [4.69, 9.17) is 42.1 Å². The molecule has 12 atom stereocenters. The van der Waals surface area contributed by atoms with Crippen molar-refractivity contribution in [1.29, 1.82) is 0 Å². The van der Waals surface area contributed by atoms with Gasteiger partial charge in [-0.2, -0.15) is 8.42 Å². The third-order valence-electron chi connectivity index (χ3n) is 9.09. The molecule has 0 saturated carbocycles. The SMILES string of the molecule is C=CCOC1OC2COC(c3ccccc3)OC2C(O)C1O.C=CCOC1OC2COC(c3ccccc3)OC2C(OS(=O)(=O)c2ccc(C)cc2)C1O. The van der Waals surface area contributed by atoms with Gasteiger partial charge in [-0.15, -0.1) is 13.2 Å². The van der Waals surface area contributed by atoms with Crippen LogP contribution in [0.4, 0.5) is 0 Å². The summed E-state index contributed by atoms with van der Waals surface area (Å²) >= 11 is 0. The second-order valence-electron chi connectivity index (χ2n) is 13.0. The Labute approximate surface area is 314 Å². The van der Waals surface area contributed by atoms with Gasteiger partial charge in [0.05, 0.1) is 31.3 Å². The Balaban J connectivity index is 0.000000197. The Morgan fingerprint density at radius 2 is 1.15 bits per heavy atom. The number of fused-ring (bicyclic) bond motifs is 2. The van der Waals surface area contributed by atoms with E-state index in [1.165, 1.54) is 18.2 Å². The molecule has 3 aromatic carbocycles. The number of rotatable bonds is 11. The summed E-state index contributed by atoms with van der Waals surface area (Å²) in [5.74, 6) is 0. The van der Waals surface area contributed by atoms with E-state index in [9.17, 15) is 23.7 Å². The van der Waals surface area contributed by atoms with Crippen LogP contribution in [0, 0.1) is 6.92 Å². The van der Waals surface area contributed by atoms with Crippen molar-refractivity contribution < 1.29 is 65.8 Å². The molecule has 0 spiro atoms. The quantitative estimate of drug-likeness (QED) is 0.191. The lowest BCUT2D eigenvalue weighted by atomic mass is 9.98. The number of benzene rings is 3. The van der Waals surface area contributed by atoms with E-state index < -0.39 is 84.1 Å². The molecule has 292 valence electrons. The number of hydrogen-bond donors (Lipinski definition) is 3. The van der Waals surface area contributed by atoms with Crippen LogP contribution < -0.4 is 0 Å². The van der Waals surface area contributed by atoms with Crippen molar-refractivity contribution in [3.05, 3.63) is 127 Å². The van der Waals surface area contributed by atoms with Crippen molar-refractivity contribution >= 4 is 10.1 Å². The molecule has 3 aromatic rings. The molecule has 14 nitrogen and oxygen atoms in total. The lowest BCUT2D eigenvalue weighted by molar-refractivity contribution is -0.360. The minimum atomic E-state index is -4.20. The summed E-state index contributed by atoms with van der Waals surface area (Å²) < 4.78 is 77.0. The Morgan fingerprint density at radius 1 is 0.667 bits per heavy atom. The van der Waals surface area contributed by atoms with Gasteiger partial charge in [0, 0.05) is 11.1 Å². The zero-order valence-electron chi connectivity index (χ0n) is 29.6. The predicted octanol–water partition coefficient (Wildman–Crippen LogP) is 3.22. The predicted molar refractivity (Wildman–Crippen MR) is 191 cm³/mol. The average Bonchev–Trinajstić information content (AvgIpc) is 3.20. The lowest BCUT2D eigenvalue weighted by Gasteiger charge is -2.47. The van der Waals surface area contributed by atoms with Crippen LogP contribution in [0.25, 0.3) is 0 Å². The van der Waals surface area contributed by atoms with E-state index in [0.717, 1.165) is 16.7 Å². The maximum absolute atomic E-state index is 13.0.